The lowest BCUT2D eigenvalue weighted by Crippen LogP contribution is -2.17. The van der Waals surface area contributed by atoms with Gasteiger partial charge in [-0.2, -0.15) is 0 Å². The molecule has 0 spiro atoms. The normalized spacial score (nSPS) is 12.0. The lowest BCUT2D eigenvalue weighted by molar-refractivity contribution is -0.138. The van der Waals surface area contributed by atoms with E-state index in [0.29, 0.717) is 17.5 Å². The molecule has 3 rings (SSSR count). The first-order valence-corrected chi connectivity index (χ1v) is 13.2. The van der Waals surface area contributed by atoms with Crippen LogP contribution in [-0.4, -0.2) is 15.9 Å². The Kier molecular flexibility index (Phi) is 10.5. The number of hydrogen-bond acceptors (Lipinski definition) is 4. The zero-order chi connectivity index (χ0) is 25.0. The second-order valence-corrected chi connectivity index (χ2v) is 9.97. The van der Waals surface area contributed by atoms with Gasteiger partial charge in [-0.1, -0.05) is 84.1 Å². The third-order valence-corrected chi connectivity index (χ3v) is 6.41. The van der Waals surface area contributed by atoms with Crippen molar-refractivity contribution >= 4 is 5.97 Å². The first-order valence-electron chi connectivity index (χ1n) is 13.2. The van der Waals surface area contributed by atoms with Crippen molar-refractivity contribution in [1.29, 1.82) is 0 Å². The van der Waals surface area contributed by atoms with Gasteiger partial charge in [-0.05, 0) is 60.6 Å². The summed E-state index contributed by atoms with van der Waals surface area (Å²) in [5, 5.41) is 0. The van der Waals surface area contributed by atoms with E-state index >= 15 is 0 Å². The Morgan fingerprint density at radius 3 is 2.06 bits per heavy atom. The van der Waals surface area contributed by atoms with Crippen molar-refractivity contribution in [3.63, 3.8) is 0 Å². The number of rotatable bonds is 13. The van der Waals surface area contributed by atoms with Crippen LogP contribution in [0.15, 0.2) is 60.9 Å². The van der Waals surface area contributed by atoms with Gasteiger partial charge in [0.05, 0.1) is 5.92 Å². The summed E-state index contributed by atoms with van der Waals surface area (Å²) >= 11 is 0. The van der Waals surface area contributed by atoms with Crippen LogP contribution in [0.1, 0.15) is 78.2 Å². The number of carbonyl (C=O) groups is 1. The summed E-state index contributed by atoms with van der Waals surface area (Å²) in [5.74, 6) is 1.60. The number of unbranched alkanes of at least 4 members (excludes halogenated alkanes) is 3. The summed E-state index contributed by atoms with van der Waals surface area (Å²) in [6, 6.07) is 16.1. The molecule has 4 nitrogen and oxygen atoms in total. The zero-order valence-corrected chi connectivity index (χ0v) is 21.8. The molecule has 35 heavy (non-hydrogen) atoms. The third kappa shape index (κ3) is 8.61. The Labute approximate surface area is 211 Å². The Hall–Kier alpha value is -3.01. The Bertz CT molecular complexity index is 1030. The van der Waals surface area contributed by atoms with E-state index in [0.717, 1.165) is 42.4 Å². The first-order chi connectivity index (χ1) is 17.0. The number of carbonyl (C=O) groups excluding carboxylic acids is 1. The summed E-state index contributed by atoms with van der Waals surface area (Å²) in [6.45, 7) is 8.59. The first kappa shape index (κ1) is 26.6. The molecular weight excluding hydrogens is 432 g/mol. The molecule has 0 bridgehead atoms. The van der Waals surface area contributed by atoms with Crippen LogP contribution < -0.4 is 4.74 Å². The molecule has 186 valence electrons. The van der Waals surface area contributed by atoms with E-state index in [1.165, 1.54) is 31.2 Å². The highest BCUT2D eigenvalue weighted by molar-refractivity contribution is 5.75. The number of hydrogen-bond donors (Lipinski definition) is 0. The highest BCUT2D eigenvalue weighted by atomic mass is 16.5. The predicted molar refractivity (Wildman–Crippen MR) is 144 cm³/mol. The standard InChI is InChI=1S/C31H40N2O2/c1-5-6-7-8-12-25-13-15-26(16-14-25)28-21-32-30(33-22-28)27-17-19-29(20-18-27)35-31(34)24(4)11-9-10-23(2)3/h13-24H,5-12H2,1-4H3. The van der Waals surface area contributed by atoms with Crippen LogP contribution in [0.25, 0.3) is 22.5 Å². The van der Waals surface area contributed by atoms with E-state index in [1.807, 2.05) is 43.6 Å². The maximum atomic E-state index is 12.4. The molecule has 0 N–H and O–H groups in total. The molecule has 1 atom stereocenters. The topological polar surface area (TPSA) is 52.1 Å². The van der Waals surface area contributed by atoms with Gasteiger partial charge in [-0.15, -0.1) is 0 Å². The number of nitrogens with zero attached hydrogens (tertiary/aromatic N) is 2. The van der Waals surface area contributed by atoms with E-state index in [-0.39, 0.29) is 11.9 Å². The fourth-order valence-electron chi connectivity index (χ4n) is 4.08. The lowest BCUT2D eigenvalue weighted by atomic mass is 10.00. The third-order valence-electron chi connectivity index (χ3n) is 6.41. The molecular formula is C31H40N2O2. The summed E-state index contributed by atoms with van der Waals surface area (Å²) in [7, 11) is 0. The van der Waals surface area contributed by atoms with Crippen molar-refractivity contribution < 1.29 is 9.53 Å². The number of aromatic nitrogens is 2. The lowest BCUT2D eigenvalue weighted by Gasteiger charge is -2.12. The van der Waals surface area contributed by atoms with Gasteiger partial charge in [-0.25, -0.2) is 9.97 Å². The van der Waals surface area contributed by atoms with Gasteiger partial charge in [0.2, 0.25) is 0 Å². The number of benzene rings is 2. The molecule has 4 heteroatoms. The second-order valence-electron chi connectivity index (χ2n) is 9.97. The largest absolute Gasteiger partial charge is 0.426 e. The van der Waals surface area contributed by atoms with Crippen molar-refractivity contribution in [2.45, 2.75) is 79.1 Å². The van der Waals surface area contributed by atoms with Gasteiger partial charge in [0.1, 0.15) is 5.75 Å². The van der Waals surface area contributed by atoms with E-state index in [9.17, 15) is 4.79 Å². The quantitative estimate of drug-likeness (QED) is 0.143. The molecule has 1 unspecified atom stereocenters. The SMILES string of the molecule is CCCCCCc1ccc(-c2cnc(-c3ccc(OC(=O)C(C)CCCC(C)C)cc3)nc2)cc1. The van der Waals surface area contributed by atoms with Crippen molar-refractivity contribution in [1.82, 2.24) is 9.97 Å². The maximum absolute atomic E-state index is 12.4. The van der Waals surface area contributed by atoms with Crippen LogP contribution >= 0.6 is 0 Å². The fraction of sp³-hybridized carbons (Fsp3) is 0.452. The number of ether oxygens (including phenoxy) is 1. The van der Waals surface area contributed by atoms with Crippen LogP contribution in [-0.2, 0) is 11.2 Å². The van der Waals surface area contributed by atoms with Gasteiger partial charge >= 0.3 is 5.97 Å². The molecule has 1 aromatic heterocycles. The molecule has 0 aliphatic carbocycles. The van der Waals surface area contributed by atoms with Crippen molar-refractivity contribution in [3.05, 3.63) is 66.5 Å². The van der Waals surface area contributed by atoms with Crippen molar-refractivity contribution in [3.8, 4) is 28.3 Å². The number of aryl methyl sites for hydroxylation is 1. The van der Waals surface area contributed by atoms with E-state index in [4.69, 9.17) is 4.74 Å². The zero-order valence-electron chi connectivity index (χ0n) is 21.8. The summed E-state index contributed by atoms with van der Waals surface area (Å²) in [6.07, 6.45) is 13.0. The molecule has 1 heterocycles. The molecule has 0 radical (unpaired) electrons. The Morgan fingerprint density at radius 2 is 1.43 bits per heavy atom. The highest BCUT2D eigenvalue weighted by Gasteiger charge is 2.15. The summed E-state index contributed by atoms with van der Waals surface area (Å²) in [5.41, 5.74) is 4.40. The Morgan fingerprint density at radius 1 is 0.771 bits per heavy atom. The summed E-state index contributed by atoms with van der Waals surface area (Å²) < 4.78 is 5.57. The molecule has 0 aliphatic rings. The van der Waals surface area contributed by atoms with Crippen LogP contribution in [0.2, 0.25) is 0 Å². The summed E-state index contributed by atoms with van der Waals surface area (Å²) in [4.78, 5) is 21.5. The van der Waals surface area contributed by atoms with Crippen LogP contribution in [0.4, 0.5) is 0 Å². The maximum Gasteiger partial charge on any atom is 0.314 e. The van der Waals surface area contributed by atoms with E-state index < -0.39 is 0 Å². The Balaban J connectivity index is 1.54. The molecule has 0 fully saturated rings. The monoisotopic (exact) mass is 472 g/mol. The molecule has 0 saturated heterocycles. The minimum atomic E-state index is -0.172. The molecule has 0 saturated carbocycles. The van der Waals surface area contributed by atoms with Crippen LogP contribution in [0.3, 0.4) is 0 Å². The van der Waals surface area contributed by atoms with Crippen LogP contribution in [0, 0.1) is 11.8 Å². The average molecular weight is 473 g/mol. The van der Waals surface area contributed by atoms with Gasteiger partial charge in [0, 0.05) is 23.5 Å². The molecule has 3 aromatic rings. The van der Waals surface area contributed by atoms with Crippen LogP contribution in [0.5, 0.6) is 5.75 Å². The van der Waals surface area contributed by atoms with Crippen molar-refractivity contribution in [2.75, 3.05) is 0 Å². The van der Waals surface area contributed by atoms with Crippen molar-refractivity contribution in [2.24, 2.45) is 11.8 Å². The molecule has 0 aliphatic heterocycles. The van der Waals surface area contributed by atoms with Gasteiger partial charge in [0.25, 0.3) is 0 Å². The predicted octanol–water partition coefficient (Wildman–Crippen LogP) is 8.30. The molecule has 2 aromatic carbocycles. The van der Waals surface area contributed by atoms with Gasteiger partial charge in [0.15, 0.2) is 5.82 Å². The van der Waals surface area contributed by atoms with Gasteiger partial charge < -0.3 is 4.74 Å². The molecule has 0 amide bonds. The highest BCUT2D eigenvalue weighted by Crippen LogP contribution is 2.24. The van der Waals surface area contributed by atoms with Gasteiger partial charge in [-0.3, -0.25) is 4.79 Å². The number of esters is 1. The smallest absolute Gasteiger partial charge is 0.314 e. The fourth-order valence-corrected chi connectivity index (χ4v) is 4.08. The minimum Gasteiger partial charge on any atom is -0.426 e. The van der Waals surface area contributed by atoms with E-state index in [1.54, 1.807) is 0 Å². The average Bonchev–Trinajstić information content (AvgIpc) is 2.87. The second kappa shape index (κ2) is 13.8. The van der Waals surface area contributed by atoms with E-state index in [2.05, 4.69) is 55.0 Å². The minimum absolute atomic E-state index is 0.0978.